The second kappa shape index (κ2) is 8.69. The highest BCUT2D eigenvalue weighted by molar-refractivity contribution is 5.96. The fourth-order valence-corrected chi connectivity index (χ4v) is 3.34. The molecule has 5 nitrogen and oxygen atoms in total. The largest absolute Gasteiger partial charge is 0.476 e. The number of benzene rings is 2. The third kappa shape index (κ3) is 4.51. The predicted molar refractivity (Wildman–Crippen MR) is 113 cm³/mol. The minimum atomic E-state index is -0.223. The lowest BCUT2D eigenvalue weighted by Crippen LogP contribution is -2.28. The summed E-state index contributed by atoms with van der Waals surface area (Å²) in [5.41, 5.74) is 3.12. The van der Waals surface area contributed by atoms with Crippen LogP contribution in [0.1, 0.15) is 52.7 Å². The first-order valence-electron chi connectivity index (χ1n) is 9.79. The number of aliphatic imine (C=N–C) groups is 1. The van der Waals surface area contributed by atoms with Crippen molar-refractivity contribution in [2.24, 2.45) is 4.99 Å². The van der Waals surface area contributed by atoms with Crippen LogP contribution in [0.15, 0.2) is 83.9 Å². The fourth-order valence-electron chi connectivity index (χ4n) is 3.34. The quantitative estimate of drug-likeness (QED) is 0.704. The van der Waals surface area contributed by atoms with E-state index in [-0.39, 0.29) is 18.0 Å². The summed E-state index contributed by atoms with van der Waals surface area (Å²) in [6, 6.07) is 25.3. The zero-order chi connectivity index (χ0) is 20.1. The van der Waals surface area contributed by atoms with Gasteiger partial charge in [-0.15, -0.1) is 0 Å². The molecule has 1 aliphatic rings. The van der Waals surface area contributed by atoms with Gasteiger partial charge in [-0.1, -0.05) is 66.7 Å². The summed E-state index contributed by atoms with van der Waals surface area (Å²) in [5.74, 6) is 0.259. The van der Waals surface area contributed by atoms with Gasteiger partial charge in [-0.05, 0) is 30.2 Å². The summed E-state index contributed by atoms with van der Waals surface area (Å²) in [7, 11) is 0. The van der Waals surface area contributed by atoms with Crippen molar-refractivity contribution in [3.05, 3.63) is 101 Å². The van der Waals surface area contributed by atoms with Crippen LogP contribution >= 0.6 is 0 Å². The second-order valence-electron chi connectivity index (χ2n) is 7.01. The molecule has 0 radical (unpaired) electrons. The predicted octanol–water partition coefficient (Wildman–Crippen LogP) is 4.48. The van der Waals surface area contributed by atoms with Gasteiger partial charge in [0.2, 0.25) is 5.90 Å². The number of carbonyl (C=O) groups is 1. The monoisotopic (exact) mass is 385 g/mol. The number of nitrogens with zero attached hydrogens (tertiary/aromatic N) is 2. The van der Waals surface area contributed by atoms with E-state index in [1.807, 2.05) is 67.6 Å². The molecule has 146 valence electrons. The zero-order valence-corrected chi connectivity index (χ0v) is 16.3. The molecular weight excluding hydrogens is 362 g/mol. The van der Waals surface area contributed by atoms with Crippen LogP contribution in [-0.2, 0) is 4.74 Å². The molecule has 1 aromatic heterocycles. The Bertz CT molecular complexity index is 1000. The van der Waals surface area contributed by atoms with E-state index in [9.17, 15) is 4.79 Å². The van der Waals surface area contributed by atoms with Crippen molar-refractivity contribution < 1.29 is 9.53 Å². The van der Waals surface area contributed by atoms with E-state index in [0.717, 1.165) is 17.5 Å². The number of nitrogens with one attached hydrogen (secondary N) is 1. The highest BCUT2D eigenvalue weighted by Gasteiger charge is 2.21. The molecule has 0 aliphatic carbocycles. The van der Waals surface area contributed by atoms with Gasteiger partial charge in [0.05, 0.1) is 18.7 Å². The highest BCUT2D eigenvalue weighted by atomic mass is 16.5. The third-order valence-corrected chi connectivity index (χ3v) is 4.94. The summed E-state index contributed by atoms with van der Waals surface area (Å²) >= 11 is 0. The summed E-state index contributed by atoms with van der Waals surface area (Å²) in [6.07, 6.45) is 0.822. The number of aromatic nitrogens is 1. The lowest BCUT2D eigenvalue weighted by atomic mass is 10.0. The molecule has 2 heterocycles. The second-order valence-corrected chi connectivity index (χ2v) is 7.01. The van der Waals surface area contributed by atoms with Crippen molar-refractivity contribution in [1.82, 2.24) is 10.3 Å². The van der Waals surface area contributed by atoms with Gasteiger partial charge < -0.3 is 10.1 Å². The van der Waals surface area contributed by atoms with Crippen molar-refractivity contribution in [3.63, 3.8) is 0 Å². The van der Waals surface area contributed by atoms with Gasteiger partial charge in [0, 0.05) is 6.42 Å². The van der Waals surface area contributed by atoms with E-state index >= 15 is 0 Å². The fraction of sp³-hybridized carbons (Fsp3) is 0.208. The molecule has 1 N–H and O–H groups in total. The molecule has 0 saturated carbocycles. The van der Waals surface area contributed by atoms with Crippen molar-refractivity contribution in [2.45, 2.75) is 25.4 Å². The lowest BCUT2D eigenvalue weighted by Gasteiger charge is -2.21. The van der Waals surface area contributed by atoms with Gasteiger partial charge in [-0.3, -0.25) is 4.79 Å². The molecule has 4 rings (SSSR count). The smallest absolute Gasteiger partial charge is 0.270 e. The molecule has 0 saturated heterocycles. The van der Waals surface area contributed by atoms with Crippen molar-refractivity contribution in [2.75, 3.05) is 6.61 Å². The van der Waals surface area contributed by atoms with Gasteiger partial charge in [0.25, 0.3) is 5.91 Å². The van der Waals surface area contributed by atoms with Gasteiger partial charge >= 0.3 is 0 Å². The average molecular weight is 385 g/mol. The van der Waals surface area contributed by atoms with Crippen molar-refractivity contribution in [1.29, 1.82) is 0 Å². The first-order chi connectivity index (χ1) is 14.2. The van der Waals surface area contributed by atoms with Gasteiger partial charge in [0.1, 0.15) is 11.4 Å². The van der Waals surface area contributed by atoms with Crippen LogP contribution in [0.5, 0.6) is 0 Å². The third-order valence-electron chi connectivity index (χ3n) is 4.94. The Morgan fingerprint density at radius 1 is 1.00 bits per heavy atom. The Morgan fingerprint density at radius 2 is 1.72 bits per heavy atom. The zero-order valence-electron chi connectivity index (χ0n) is 16.3. The summed E-state index contributed by atoms with van der Waals surface area (Å²) in [6.45, 7) is 2.53. The molecule has 29 heavy (non-hydrogen) atoms. The Labute approximate surface area is 170 Å². The van der Waals surface area contributed by atoms with Gasteiger partial charge in [0.15, 0.2) is 0 Å². The molecule has 5 heteroatoms. The van der Waals surface area contributed by atoms with Crippen LogP contribution in [0, 0.1) is 0 Å². The first kappa shape index (κ1) is 18.9. The molecule has 1 amide bonds. The minimum Gasteiger partial charge on any atom is -0.476 e. The van der Waals surface area contributed by atoms with E-state index in [1.165, 1.54) is 0 Å². The number of rotatable bonds is 5. The van der Waals surface area contributed by atoms with E-state index in [0.29, 0.717) is 23.9 Å². The minimum absolute atomic E-state index is 0.0392. The maximum absolute atomic E-state index is 12.7. The van der Waals surface area contributed by atoms with E-state index in [1.54, 1.807) is 6.07 Å². The molecule has 2 aromatic carbocycles. The Morgan fingerprint density at radius 3 is 2.48 bits per heavy atom. The lowest BCUT2D eigenvalue weighted by molar-refractivity contribution is 0.0934. The molecular formula is C24H23N3O2. The van der Waals surface area contributed by atoms with Crippen LogP contribution in [0.25, 0.3) is 0 Å². The van der Waals surface area contributed by atoms with Crippen LogP contribution < -0.4 is 5.32 Å². The molecule has 3 aromatic rings. The molecule has 0 bridgehead atoms. The van der Waals surface area contributed by atoms with Crippen LogP contribution in [-0.4, -0.2) is 23.4 Å². The Hall–Kier alpha value is -3.47. The van der Waals surface area contributed by atoms with Crippen molar-refractivity contribution in [3.8, 4) is 0 Å². The van der Waals surface area contributed by atoms with E-state index in [2.05, 4.69) is 22.4 Å². The normalized spacial score (nSPS) is 17.0. The van der Waals surface area contributed by atoms with Crippen LogP contribution in [0.2, 0.25) is 0 Å². The summed E-state index contributed by atoms with van der Waals surface area (Å²) < 4.78 is 5.76. The standard InChI is InChI=1S/C24H23N3O2/c1-17(18-9-4-2-5-10-18)25-23(28)21-13-8-14-22(26-21)24-27-20(15-16-29-24)19-11-6-3-7-12-19/h2-14,17,20H,15-16H2,1H3,(H,25,28)/t17-,20-/m1/s1. The first-order valence-corrected chi connectivity index (χ1v) is 9.79. The van der Waals surface area contributed by atoms with E-state index < -0.39 is 0 Å². The topological polar surface area (TPSA) is 63.6 Å². The number of carbonyl (C=O) groups excluding carboxylic acids is 1. The van der Waals surface area contributed by atoms with E-state index in [4.69, 9.17) is 9.73 Å². The average Bonchev–Trinajstić information content (AvgIpc) is 2.80. The number of amides is 1. The highest BCUT2D eigenvalue weighted by Crippen LogP contribution is 2.25. The summed E-state index contributed by atoms with van der Waals surface area (Å²) in [5, 5.41) is 3.00. The SMILES string of the molecule is C[C@@H](NC(=O)c1cccc(C2=N[C@@H](c3ccccc3)CCO2)n1)c1ccccc1. The number of ether oxygens (including phenoxy) is 1. The number of hydrogen-bond donors (Lipinski definition) is 1. The molecule has 1 aliphatic heterocycles. The van der Waals surface area contributed by atoms with Crippen LogP contribution in [0.3, 0.4) is 0 Å². The number of hydrogen-bond acceptors (Lipinski definition) is 4. The van der Waals surface area contributed by atoms with Crippen molar-refractivity contribution >= 4 is 11.8 Å². The Kier molecular flexibility index (Phi) is 5.66. The Balaban J connectivity index is 1.52. The van der Waals surface area contributed by atoms with Gasteiger partial charge in [-0.2, -0.15) is 0 Å². The van der Waals surface area contributed by atoms with Crippen LogP contribution in [0.4, 0.5) is 0 Å². The maximum Gasteiger partial charge on any atom is 0.270 e. The molecule has 2 atom stereocenters. The maximum atomic E-state index is 12.7. The molecule has 0 fully saturated rings. The van der Waals surface area contributed by atoms with Gasteiger partial charge in [-0.25, -0.2) is 9.98 Å². The molecule has 0 unspecified atom stereocenters. The number of pyridine rings is 1. The summed E-state index contributed by atoms with van der Waals surface area (Å²) in [4.78, 5) is 21.9. The molecule has 0 spiro atoms.